The monoisotopic (exact) mass is 248 g/mol. The Morgan fingerprint density at radius 3 is 2.65 bits per heavy atom. The average molecular weight is 248 g/mol. The molecule has 0 radical (unpaired) electrons. The van der Waals surface area contributed by atoms with Crippen molar-refractivity contribution in [3.63, 3.8) is 0 Å². The van der Waals surface area contributed by atoms with Gasteiger partial charge in [-0.05, 0) is 12.0 Å². The molecule has 0 aliphatic rings. The first-order chi connectivity index (χ1) is 8.16. The summed E-state index contributed by atoms with van der Waals surface area (Å²) in [6, 6.07) is 6.80. The van der Waals surface area contributed by atoms with E-state index >= 15 is 0 Å². The number of nitrogens with two attached hydrogens (primary N) is 1. The fraction of sp³-hybridized carbons (Fsp3) is 0.167. The van der Waals surface area contributed by atoms with Crippen LogP contribution in [-0.4, -0.2) is 22.1 Å². The molecule has 1 heterocycles. The Bertz CT molecular complexity index is 494. The summed E-state index contributed by atoms with van der Waals surface area (Å²) in [5.41, 5.74) is 7.42. The first-order valence-electron chi connectivity index (χ1n) is 5.14. The van der Waals surface area contributed by atoms with Crippen LogP contribution in [0.4, 0.5) is 0 Å². The van der Waals surface area contributed by atoms with Gasteiger partial charge in [-0.3, -0.25) is 4.79 Å². The number of hydrogen-bond acceptors (Lipinski definition) is 4. The van der Waals surface area contributed by atoms with Crippen molar-refractivity contribution < 1.29 is 9.90 Å². The van der Waals surface area contributed by atoms with Crippen LogP contribution in [0.5, 0.6) is 0 Å². The zero-order valence-electron chi connectivity index (χ0n) is 9.04. The largest absolute Gasteiger partial charge is 0.480 e. The van der Waals surface area contributed by atoms with Gasteiger partial charge >= 0.3 is 5.97 Å². The number of benzene rings is 1. The normalized spacial score (nSPS) is 12.3. The molecular formula is C12H12N2O2S. The van der Waals surface area contributed by atoms with Crippen molar-refractivity contribution in [1.82, 2.24) is 4.98 Å². The zero-order chi connectivity index (χ0) is 12.3. The highest BCUT2D eigenvalue weighted by atomic mass is 32.1. The molecule has 2 rings (SSSR count). The molecule has 0 aliphatic heterocycles. The first kappa shape index (κ1) is 11.8. The maximum Gasteiger partial charge on any atom is 0.320 e. The quantitative estimate of drug-likeness (QED) is 0.864. The molecule has 17 heavy (non-hydrogen) atoms. The first-order valence-corrected chi connectivity index (χ1v) is 6.02. The third-order valence-corrected chi connectivity index (χ3v) is 3.23. The molecular weight excluding hydrogens is 236 g/mol. The van der Waals surface area contributed by atoms with E-state index in [1.807, 2.05) is 29.6 Å². The Morgan fingerprint density at radius 1 is 1.41 bits per heavy atom. The van der Waals surface area contributed by atoms with E-state index in [2.05, 4.69) is 4.98 Å². The van der Waals surface area contributed by atoms with Crippen molar-refractivity contribution in [1.29, 1.82) is 0 Å². The van der Waals surface area contributed by atoms with Gasteiger partial charge < -0.3 is 10.8 Å². The molecule has 0 aliphatic carbocycles. The molecule has 88 valence electrons. The average Bonchev–Trinajstić information content (AvgIpc) is 2.83. The second-order valence-electron chi connectivity index (χ2n) is 3.68. The van der Waals surface area contributed by atoms with Crippen LogP contribution < -0.4 is 5.73 Å². The van der Waals surface area contributed by atoms with E-state index in [9.17, 15) is 4.79 Å². The Balaban J connectivity index is 2.11. The van der Waals surface area contributed by atoms with Gasteiger partial charge in [0.25, 0.3) is 0 Å². The van der Waals surface area contributed by atoms with E-state index < -0.39 is 12.0 Å². The van der Waals surface area contributed by atoms with Crippen LogP contribution in [0.1, 0.15) is 5.56 Å². The lowest BCUT2D eigenvalue weighted by Gasteiger charge is -2.06. The molecule has 0 spiro atoms. The van der Waals surface area contributed by atoms with Crippen LogP contribution in [0.15, 0.2) is 35.8 Å². The highest BCUT2D eigenvalue weighted by Crippen LogP contribution is 2.22. The third kappa shape index (κ3) is 2.89. The lowest BCUT2D eigenvalue weighted by Crippen LogP contribution is -2.32. The Morgan fingerprint density at radius 2 is 2.12 bits per heavy atom. The van der Waals surface area contributed by atoms with Gasteiger partial charge in [0.05, 0.1) is 0 Å². The summed E-state index contributed by atoms with van der Waals surface area (Å²) >= 11 is 1.57. The van der Waals surface area contributed by atoms with E-state index in [-0.39, 0.29) is 0 Å². The van der Waals surface area contributed by atoms with Crippen molar-refractivity contribution in [2.75, 3.05) is 0 Å². The van der Waals surface area contributed by atoms with Gasteiger partial charge in [0.15, 0.2) is 0 Å². The molecule has 1 atom stereocenters. The fourth-order valence-corrected chi connectivity index (χ4v) is 2.14. The molecule has 1 unspecified atom stereocenters. The van der Waals surface area contributed by atoms with Crippen molar-refractivity contribution in [3.05, 3.63) is 41.4 Å². The lowest BCUT2D eigenvalue weighted by molar-refractivity contribution is -0.138. The molecule has 0 saturated carbocycles. The minimum Gasteiger partial charge on any atom is -0.480 e. The second kappa shape index (κ2) is 5.07. The number of hydrogen-bond donors (Lipinski definition) is 2. The summed E-state index contributed by atoms with van der Waals surface area (Å²) in [6.07, 6.45) is 2.10. The van der Waals surface area contributed by atoms with Gasteiger partial charge in [0, 0.05) is 17.1 Å². The molecule has 0 saturated heterocycles. The summed E-state index contributed by atoms with van der Waals surface area (Å²) in [7, 11) is 0. The predicted molar refractivity (Wildman–Crippen MR) is 66.9 cm³/mol. The Kier molecular flexibility index (Phi) is 3.51. The fourth-order valence-electron chi connectivity index (χ4n) is 1.49. The molecule has 0 fully saturated rings. The molecule has 3 N–H and O–H groups in total. The summed E-state index contributed by atoms with van der Waals surface area (Å²) in [4.78, 5) is 14.8. The summed E-state index contributed by atoms with van der Waals surface area (Å²) < 4.78 is 0. The SMILES string of the molecule is NC(Cc1ccc(-c2nccs2)cc1)C(=O)O. The minimum absolute atomic E-state index is 0.341. The highest BCUT2D eigenvalue weighted by Gasteiger charge is 2.11. The zero-order valence-corrected chi connectivity index (χ0v) is 9.85. The van der Waals surface area contributed by atoms with Gasteiger partial charge in [-0.1, -0.05) is 24.3 Å². The van der Waals surface area contributed by atoms with Crippen LogP contribution in [0.3, 0.4) is 0 Å². The number of carboxylic acids is 1. The van der Waals surface area contributed by atoms with Crippen molar-refractivity contribution in [3.8, 4) is 10.6 Å². The number of thiazole rings is 1. The summed E-state index contributed by atoms with van der Waals surface area (Å²) in [6.45, 7) is 0. The van der Waals surface area contributed by atoms with Gasteiger partial charge in [-0.2, -0.15) is 0 Å². The Hall–Kier alpha value is -1.72. The molecule has 4 nitrogen and oxygen atoms in total. The Labute approximate surface area is 103 Å². The smallest absolute Gasteiger partial charge is 0.320 e. The molecule has 0 amide bonds. The van der Waals surface area contributed by atoms with Gasteiger partial charge in [-0.15, -0.1) is 11.3 Å². The number of rotatable bonds is 4. The van der Waals surface area contributed by atoms with Crippen LogP contribution in [0.2, 0.25) is 0 Å². The van der Waals surface area contributed by atoms with E-state index in [4.69, 9.17) is 10.8 Å². The summed E-state index contributed by atoms with van der Waals surface area (Å²) in [5.74, 6) is -0.978. The number of nitrogens with zero attached hydrogens (tertiary/aromatic N) is 1. The van der Waals surface area contributed by atoms with Crippen LogP contribution in [0, 0.1) is 0 Å². The minimum atomic E-state index is -0.978. The lowest BCUT2D eigenvalue weighted by atomic mass is 10.1. The molecule has 1 aromatic carbocycles. The third-order valence-electron chi connectivity index (χ3n) is 2.41. The van der Waals surface area contributed by atoms with Gasteiger partial charge in [0.2, 0.25) is 0 Å². The maximum atomic E-state index is 10.6. The van der Waals surface area contributed by atoms with Crippen LogP contribution >= 0.6 is 11.3 Å². The molecule has 0 bridgehead atoms. The number of carboxylic acid groups (broad SMARTS) is 1. The highest BCUT2D eigenvalue weighted by molar-refractivity contribution is 7.13. The second-order valence-corrected chi connectivity index (χ2v) is 4.58. The number of aromatic nitrogens is 1. The molecule has 5 heteroatoms. The maximum absolute atomic E-state index is 10.6. The van der Waals surface area contributed by atoms with E-state index in [1.54, 1.807) is 17.5 Å². The predicted octanol–water partition coefficient (Wildman–Crippen LogP) is 1.76. The van der Waals surface area contributed by atoms with E-state index in [0.29, 0.717) is 6.42 Å². The van der Waals surface area contributed by atoms with Gasteiger partial charge in [0.1, 0.15) is 11.0 Å². The summed E-state index contributed by atoms with van der Waals surface area (Å²) in [5, 5.41) is 11.6. The molecule has 1 aromatic heterocycles. The number of aliphatic carboxylic acids is 1. The topological polar surface area (TPSA) is 76.2 Å². The van der Waals surface area contributed by atoms with Crippen molar-refractivity contribution in [2.24, 2.45) is 5.73 Å². The standard InChI is InChI=1S/C12H12N2O2S/c13-10(12(15)16)7-8-1-3-9(4-2-8)11-14-5-6-17-11/h1-6,10H,7,13H2,(H,15,16). The van der Waals surface area contributed by atoms with Crippen molar-refractivity contribution in [2.45, 2.75) is 12.5 Å². The van der Waals surface area contributed by atoms with Gasteiger partial charge in [-0.25, -0.2) is 4.98 Å². The van der Waals surface area contributed by atoms with E-state index in [0.717, 1.165) is 16.1 Å². The molecule has 2 aromatic rings. The van der Waals surface area contributed by atoms with Crippen molar-refractivity contribution >= 4 is 17.3 Å². The van der Waals surface area contributed by atoms with Crippen LogP contribution in [-0.2, 0) is 11.2 Å². The van der Waals surface area contributed by atoms with E-state index in [1.165, 1.54) is 0 Å². The van der Waals surface area contributed by atoms with Crippen LogP contribution in [0.25, 0.3) is 10.6 Å². The number of carbonyl (C=O) groups is 1.